The van der Waals surface area contributed by atoms with Gasteiger partial charge in [-0.1, -0.05) is 50.2 Å². The van der Waals surface area contributed by atoms with Crippen molar-refractivity contribution in [2.24, 2.45) is 5.92 Å². The standard InChI is InChI=1S/C14H30OSi2/c1-16(2,3)14(12-17(4,5)15)11-13-9-7-6-8-10-13/h11,13,15H,6-10,12H2,1-5H3/b14-11-. The van der Waals surface area contributed by atoms with E-state index in [-0.39, 0.29) is 0 Å². The van der Waals surface area contributed by atoms with Gasteiger partial charge in [-0.05, 0) is 37.9 Å². The second-order valence-electron chi connectivity index (χ2n) is 7.33. The van der Waals surface area contributed by atoms with Crippen LogP contribution < -0.4 is 0 Å². The van der Waals surface area contributed by atoms with Crippen LogP contribution in [-0.2, 0) is 0 Å². The molecule has 1 aliphatic carbocycles. The number of hydrogen-bond donors (Lipinski definition) is 1. The summed E-state index contributed by atoms with van der Waals surface area (Å²) in [5.74, 6) is 0.807. The zero-order valence-corrected chi connectivity index (χ0v) is 14.3. The van der Waals surface area contributed by atoms with Crippen molar-refractivity contribution < 1.29 is 4.80 Å². The molecular formula is C14H30OSi2. The van der Waals surface area contributed by atoms with Gasteiger partial charge in [-0.3, -0.25) is 0 Å². The second-order valence-corrected chi connectivity index (χ2v) is 16.4. The maximum Gasteiger partial charge on any atom is 0.186 e. The SMILES string of the molecule is C[Si](C)(O)C/C(=C/C1CCCCC1)[Si](C)(C)C. The Balaban J connectivity index is 2.78. The monoisotopic (exact) mass is 270 g/mol. The fourth-order valence-corrected chi connectivity index (χ4v) is 7.83. The Morgan fingerprint density at radius 3 is 2.00 bits per heavy atom. The van der Waals surface area contributed by atoms with Gasteiger partial charge < -0.3 is 4.80 Å². The minimum atomic E-state index is -1.95. The van der Waals surface area contributed by atoms with E-state index < -0.39 is 16.4 Å². The molecule has 1 fully saturated rings. The lowest BCUT2D eigenvalue weighted by molar-refractivity contribution is 0.418. The summed E-state index contributed by atoms with van der Waals surface area (Å²) in [4.78, 5) is 10.2. The molecule has 0 aliphatic heterocycles. The highest BCUT2D eigenvalue weighted by molar-refractivity contribution is 6.85. The van der Waals surface area contributed by atoms with Crippen molar-refractivity contribution in [2.75, 3.05) is 0 Å². The zero-order chi connectivity index (χ0) is 13.1. The van der Waals surface area contributed by atoms with Crippen LogP contribution >= 0.6 is 0 Å². The van der Waals surface area contributed by atoms with E-state index in [0.29, 0.717) is 0 Å². The first-order valence-corrected chi connectivity index (χ1v) is 13.8. The van der Waals surface area contributed by atoms with Gasteiger partial charge in [0.2, 0.25) is 0 Å². The predicted octanol–water partition coefficient (Wildman–Crippen LogP) is 4.57. The van der Waals surface area contributed by atoms with Crippen LogP contribution in [0.3, 0.4) is 0 Å². The molecule has 0 aromatic heterocycles. The van der Waals surface area contributed by atoms with Gasteiger partial charge in [-0.25, -0.2) is 0 Å². The first-order valence-electron chi connectivity index (χ1n) is 7.12. The molecule has 1 rings (SSSR count). The van der Waals surface area contributed by atoms with E-state index in [2.05, 4.69) is 38.8 Å². The van der Waals surface area contributed by atoms with E-state index >= 15 is 0 Å². The molecule has 17 heavy (non-hydrogen) atoms. The van der Waals surface area contributed by atoms with Crippen LogP contribution in [0.5, 0.6) is 0 Å². The molecule has 0 aromatic carbocycles. The van der Waals surface area contributed by atoms with Crippen molar-refractivity contribution in [1.82, 2.24) is 0 Å². The average Bonchev–Trinajstić information content (AvgIpc) is 2.15. The van der Waals surface area contributed by atoms with Crippen molar-refractivity contribution in [3.63, 3.8) is 0 Å². The molecular weight excluding hydrogens is 240 g/mol. The lowest BCUT2D eigenvalue weighted by atomic mass is 9.89. The van der Waals surface area contributed by atoms with Crippen molar-refractivity contribution in [2.45, 2.75) is 70.9 Å². The topological polar surface area (TPSA) is 20.2 Å². The summed E-state index contributed by atoms with van der Waals surface area (Å²) in [5, 5.41) is 1.63. The third kappa shape index (κ3) is 6.02. The normalized spacial score (nSPS) is 20.7. The van der Waals surface area contributed by atoms with Crippen LogP contribution in [0.1, 0.15) is 32.1 Å². The fourth-order valence-electron chi connectivity index (χ4n) is 2.63. The van der Waals surface area contributed by atoms with E-state index in [1.165, 1.54) is 32.1 Å². The summed E-state index contributed by atoms with van der Waals surface area (Å²) in [6.45, 7) is 11.4. The Bertz CT molecular complexity index is 265. The van der Waals surface area contributed by atoms with Crippen molar-refractivity contribution in [3.05, 3.63) is 11.3 Å². The third-order valence-electron chi connectivity index (χ3n) is 3.67. The molecule has 0 aromatic rings. The van der Waals surface area contributed by atoms with Crippen LogP contribution in [0.2, 0.25) is 38.8 Å². The van der Waals surface area contributed by atoms with E-state index in [0.717, 1.165) is 12.0 Å². The van der Waals surface area contributed by atoms with Crippen LogP contribution in [0.25, 0.3) is 0 Å². The molecule has 0 spiro atoms. The maximum absolute atomic E-state index is 10.2. The summed E-state index contributed by atoms with van der Waals surface area (Å²) in [6.07, 6.45) is 9.55. The molecule has 1 saturated carbocycles. The highest BCUT2D eigenvalue weighted by atomic mass is 28.4. The van der Waals surface area contributed by atoms with Gasteiger partial charge in [0.05, 0.1) is 8.07 Å². The van der Waals surface area contributed by atoms with Gasteiger partial charge in [0, 0.05) is 0 Å². The van der Waals surface area contributed by atoms with Gasteiger partial charge in [0.15, 0.2) is 8.32 Å². The summed E-state index contributed by atoms with van der Waals surface area (Å²) in [7, 11) is -3.19. The molecule has 1 N–H and O–H groups in total. The average molecular weight is 271 g/mol. The molecule has 0 bridgehead atoms. The highest BCUT2D eigenvalue weighted by Crippen LogP contribution is 2.31. The summed E-state index contributed by atoms with van der Waals surface area (Å²) in [6, 6.07) is 0.999. The summed E-state index contributed by atoms with van der Waals surface area (Å²) >= 11 is 0. The van der Waals surface area contributed by atoms with E-state index in [9.17, 15) is 4.80 Å². The molecule has 0 saturated heterocycles. The van der Waals surface area contributed by atoms with Gasteiger partial charge in [0.1, 0.15) is 0 Å². The van der Waals surface area contributed by atoms with E-state index in [1.54, 1.807) is 5.20 Å². The molecule has 0 atom stereocenters. The zero-order valence-electron chi connectivity index (χ0n) is 12.3. The smallest absolute Gasteiger partial charge is 0.186 e. The number of rotatable bonds is 4. The summed E-state index contributed by atoms with van der Waals surface area (Å²) < 4.78 is 0. The quantitative estimate of drug-likeness (QED) is 0.742. The molecule has 1 nitrogen and oxygen atoms in total. The van der Waals surface area contributed by atoms with E-state index in [1.807, 2.05) is 0 Å². The molecule has 0 amide bonds. The van der Waals surface area contributed by atoms with E-state index in [4.69, 9.17) is 0 Å². The highest BCUT2D eigenvalue weighted by Gasteiger charge is 2.28. The van der Waals surface area contributed by atoms with Crippen LogP contribution in [-0.4, -0.2) is 21.2 Å². The van der Waals surface area contributed by atoms with Crippen LogP contribution in [0.4, 0.5) is 0 Å². The fraction of sp³-hybridized carbons (Fsp3) is 0.857. The molecule has 0 heterocycles. The van der Waals surface area contributed by atoms with Crippen molar-refractivity contribution in [3.8, 4) is 0 Å². The second kappa shape index (κ2) is 5.85. The lowest BCUT2D eigenvalue weighted by Gasteiger charge is -2.29. The predicted molar refractivity (Wildman–Crippen MR) is 82.5 cm³/mol. The third-order valence-corrected chi connectivity index (χ3v) is 7.54. The van der Waals surface area contributed by atoms with Crippen LogP contribution in [0, 0.1) is 5.92 Å². The first kappa shape index (κ1) is 15.2. The maximum atomic E-state index is 10.2. The van der Waals surface area contributed by atoms with Crippen molar-refractivity contribution in [1.29, 1.82) is 0 Å². The number of hydrogen-bond acceptors (Lipinski definition) is 1. The summed E-state index contributed by atoms with van der Waals surface area (Å²) in [5.41, 5.74) is 0. The Morgan fingerprint density at radius 1 is 1.06 bits per heavy atom. The molecule has 0 radical (unpaired) electrons. The first-order chi connectivity index (χ1) is 7.68. The minimum Gasteiger partial charge on any atom is -0.432 e. The largest absolute Gasteiger partial charge is 0.432 e. The van der Waals surface area contributed by atoms with Gasteiger partial charge >= 0.3 is 0 Å². The van der Waals surface area contributed by atoms with Crippen molar-refractivity contribution >= 4 is 16.4 Å². The molecule has 3 heteroatoms. The minimum absolute atomic E-state index is 0.807. The molecule has 1 aliphatic rings. The Labute approximate surface area is 109 Å². The molecule has 0 unspecified atom stereocenters. The van der Waals surface area contributed by atoms with Gasteiger partial charge in [-0.2, -0.15) is 0 Å². The Morgan fingerprint density at radius 2 is 1.59 bits per heavy atom. The van der Waals surface area contributed by atoms with Gasteiger partial charge in [-0.15, -0.1) is 0 Å². The number of allylic oxidation sites excluding steroid dienone is 2. The van der Waals surface area contributed by atoms with Crippen LogP contribution in [0.15, 0.2) is 11.3 Å². The Kier molecular flexibility index (Phi) is 5.23. The Hall–Kier alpha value is 0.134. The lowest BCUT2D eigenvalue weighted by Crippen LogP contribution is -2.34. The molecule has 100 valence electrons. The van der Waals surface area contributed by atoms with Gasteiger partial charge in [0.25, 0.3) is 0 Å².